The van der Waals surface area contributed by atoms with E-state index in [0.717, 1.165) is 0 Å². The van der Waals surface area contributed by atoms with Gasteiger partial charge in [-0.15, -0.1) is 22.0 Å². The fourth-order valence-electron chi connectivity index (χ4n) is 6.40. The van der Waals surface area contributed by atoms with Crippen molar-refractivity contribution in [3.8, 4) is 23.0 Å². The number of hydrogen-bond donors (Lipinski definition) is 1. The highest BCUT2D eigenvalue weighted by atomic mass is 19.4. The van der Waals surface area contributed by atoms with Gasteiger partial charge in [-0.3, -0.25) is 9.59 Å². The highest BCUT2D eigenvalue weighted by Gasteiger charge is 2.53. The second-order valence-electron chi connectivity index (χ2n) is 11.4. The average molecular weight is 612 g/mol. The van der Waals surface area contributed by atoms with Gasteiger partial charge in [0.05, 0.1) is 24.0 Å². The molecule has 0 aromatic heterocycles. The molecule has 0 bridgehead atoms. The highest BCUT2D eigenvalue weighted by molar-refractivity contribution is 5.92. The Morgan fingerprint density at radius 2 is 1.70 bits per heavy atom. The molecule has 13 heteroatoms. The number of rotatable bonds is 7. The van der Waals surface area contributed by atoms with Crippen molar-refractivity contribution in [3.05, 3.63) is 47.5 Å². The fraction of sp³-hybridized carbons (Fsp3) is 0.533. The van der Waals surface area contributed by atoms with E-state index in [0.29, 0.717) is 62.7 Å². The van der Waals surface area contributed by atoms with Crippen LogP contribution in [0.15, 0.2) is 36.4 Å². The second kappa shape index (κ2) is 10.7. The smallest absolute Gasteiger partial charge is 0.490 e. The topological polar surface area (TPSA) is 92.3 Å². The summed E-state index contributed by atoms with van der Waals surface area (Å²) in [6, 6.07) is 7.46. The van der Waals surface area contributed by atoms with Crippen LogP contribution in [0.4, 0.5) is 22.0 Å². The fourth-order valence-corrected chi connectivity index (χ4v) is 6.40. The summed E-state index contributed by atoms with van der Waals surface area (Å²) in [6.07, 6.45) is -5.33. The largest absolute Gasteiger partial charge is 0.586 e. The van der Waals surface area contributed by atoms with E-state index < -0.39 is 36.0 Å². The molecule has 6 rings (SSSR count). The number of nitrogens with one attached hydrogen (secondary N) is 1. The SMILES string of the molecule is CCOC(=O)[C@H]1CC[C@@H]([C@H]2C[C@@H](NC(=O)C3(c4ccc5c(c4)OC(F)(F)O5)CC3)c3ccc(OC(F)(F)F)cc3O2)CC1. The Balaban J connectivity index is 1.22. The molecule has 232 valence electrons. The van der Waals surface area contributed by atoms with E-state index in [2.05, 4.69) is 19.5 Å². The number of hydrogen-bond acceptors (Lipinski definition) is 7. The Hall–Kier alpha value is -3.77. The van der Waals surface area contributed by atoms with E-state index in [1.54, 1.807) is 13.0 Å². The van der Waals surface area contributed by atoms with Gasteiger partial charge in [-0.2, -0.15) is 0 Å². The summed E-state index contributed by atoms with van der Waals surface area (Å²) in [4.78, 5) is 26.0. The van der Waals surface area contributed by atoms with Crippen molar-refractivity contribution in [2.24, 2.45) is 11.8 Å². The molecule has 2 fully saturated rings. The third-order valence-corrected chi connectivity index (χ3v) is 8.70. The van der Waals surface area contributed by atoms with Gasteiger partial charge >= 0.3 is 18.6 Å². The first-order chi connectivity index (χ1) is 20.4. The molecule has 2 saturated carbocycles. The molecule has 2 aliphatic carbocycles. The van der Waals surface area contributed by atoms with E-state index >= 15 is 0 Å². The van der Waals surface area contributed by atoms with Crippen molar-refractivity contribution >= 4 is 11.9 Å². The molecule has 43 heavy (non-hydrogen) atoms. The Bertz CT molecular complexity index is 1400. The van der Waals surface area contributed by atoms with Crippen LogP contribution in [0.25, 0.3) is 0 Å². The lowest BCUT2D eigenvalue weighted by atomic mass is 9.76. The van der Waals surface area contributed by atoms with Crippen LogP contribution >= 0.6 is 0 Å². The average Bonchev–Trinajstić information content (AvgIpc) is 3.69. The van der Waals surface area contributed by atoms with Gasteiger partial charge in [-0.1, -0.05) is 6.07 Å². The molecular formula is C30H30F5NO7. The monoisotopic (exact) mass is 611 g/mol. The minimum absolute atomic E-state index is 0.00386. The third kappa shape index (κ3) is 6.03. The number of fused-ring (bicyclic) bond motifs is 2. The van der Waals surface area contributed by atoms with E-state index in [-0.39, 0.29) is 41.0 Å². The van der Waals surface area contributed by atoms with Crippen molar-refractivity contribution in [2.45, 2.75) is 82.1 Å². The first-order valence-electron chi connectivity index (χ1n) is 14.3. The second-order valence-corrected chi connectivity index (χ2v) is 11.4. The van der Waals surface area contributed by atoms with Crippen LogP contribution in [0.1, 0.15) is 69.0 Å². The standard InChI is InChI=1S/C30H30F5NO7/c1-2-39-26(37)17-5-3-16(4-6-17)23-15-21(20-9-8-19(14-24(20)40-23)41-29(31,32)33)36-27(38)28(11-12-28)18-7-10-22-25(13-18)43-30(34,35)42-22/h7-10,13-14,16-17,21,23H,2-6,11-12,15H2,1H3,(H,36,38)/t16-,17+,21-,23-/m1/s1. The van der Waals surface area contributed by atoms with Crippen molar-refractivity contribution in [3.63, 3.8) is 0 Å². The zero-order chi connectivity index (χ0) is 30.6. The molecule has 2 aliphatic heterocycles. The number of alkyl halides is 5. The van der Waals surface area contributed by atoms with Gasteiger partial charge < -0.3 is 29.0 Å². The Morgan fingerprint density at radius 3 is 2.37 bits per heavy atom. The van der Waals surface area contributed by atoms with Gasteiger partial charge in [-0.05, 0) is 81.2 Å². The van der Waals surface area contributed by atoms with Crippen LogP contribution in [0.3, 0.4) is 0 Å². The summed E-state index contributed by atoms with van der Waals surface area (Å²) in [7, 11) is 0. The molecule has 0 spiro atoms. The number of halogens is 5. The summed E-state index contributed by atoms with van der Waals surface area (Å²) in [5, 5.41) is 3.06. The van der Waals surface area contributed by atoms with Crippen LogP contribution in [0.2, 0.25) is 0 Å². The lowest BCUT2D eigenvalue weighted by Gasteiger charge is -2.39. The molecule has 0 saturated heterocycles. The maximum Gasteiger partial charge on any atom is 0.586 e. The van der Waals surface area contributed by atoms with Crippen molar-refractivity contribution in [2.75, 3.05) is 6.61 Å². The van der Waals surface area contributed by atoms with E-state index in [4.69, 9.17) is 9.47 Å². The zero-order valence-corrected chi connectivity index (χ0v) is 23.2. The van der Waals surface area contributed by atoms with Crippen molar-refractivity contribution in [1.29, 1.82) is 0 Å². The number of amides is 1. The van der Waals surface area contributed by atoms with Crippen LogP contribution in [0, 0.1) is 11.8 Å². The van der Waals surface area contributed by atoms with Gasteiger partial charge in [0, 0.05) is 18.1 Å². The summed E-state index contributed by atoms with van der Waals surface area (Å²) in [5.74, 6) is -1.35. The Labute approximate surface area is 243 Å². The summed E-state index contributed by atoms with van der Waals surface area (Å²) in [6.45, 7) is 2.05. The van der Waals surface area contributed by atoms with E-state index in [1.165, 1.54) is 30.3 Å². The summed E-state index contributed by atoms with van der Waals surface area (Å²) < 4.78 is 90.5. The summed E-state index contributed by atoms with van der Waals surface area (Å²) in [5.41, 5.74) is 0.0296. The lowest BCUT2D eigenvalue weighted by Crippen LogP contribution is -2.43. The number of carbonyl (C=O) groups is 2. The molecule has 2 atom stereocenters. The molecule has 1 N–H and O–H groups in total. The zero-order valence-electron chi connectivity index (χ0n) is 23.2. The maximum atomic E-state index is 13.8. The van der Waals surface area contributed by atoms with Crippen LogP contribution in [0.5, 0.6) is 23.0 Å². The molecular weight excluding hydrogens is 581 g/mol. The van der Waals surface area contributed by atoms with Crippen LogP contribution in [-0.2, 0) is 19.7 Å². The molecule has 0 radical (unpaired) electrons. The number of esters is 1. The molecule has 2 aromatic rings. The number of ether oxygens (including phenoxy) is 5. The van der Waals surface area contributed by atoms with E-state index in [1.807, 2.05) is 0 Å². The van der Waals surface area contributed by atoms with Crippen molar-refractivity contribution in [1.82, 2.24) is 5.32 Å². The highest BCUT2D eigenvalue weighted by Crippen LogP contribution is 2.53. The lowest BCUT2D eigenvalue weighted by molar-refractivity contribution is -0.286. The predicted octanol–water partition coefficient (Wildman–Crippen LogP) is 6.32. The number of benzene rings is 2. The Kier molecular flexibility index (Phi) is 7.32. The van der Waals surface area contributed by atoms with Gasteiger partial charge in [-0.25, -0.2) is 0 Å². The first-order valence-corrected chi connectivity index (χ1v) is 14.3. The molecule has 1 amide bonds. The molecule has 2 aromatic carbocycles. The normalized spacial score (nSPS) is 26.5. The van der Waals surface area contributed by atoms with E-state index in [9.17, 15) is 31.5 Å². The van der Waals surface area contributed by atoms with Gasteiger partial charge in [0.15, 0.2) is 11.5 Å². The minimum atomic E-state index is -4.89. The predicted molar refractivity (Wildman–Crippen MR) is 139 cm³/mol. The van der Waals surface area contributed by atoms with Gasteiger partial charge in [0.2, 0.25) is 5.91 Å². The Morgan fingerprint density at radius 1 is 0.977 bits per heavy atom. The molecule has 8 nitrogen and oxygen atoms in total. The van der Waals surface area contributed by atoms with Crippen molar-refractivity contribution < 1.29 is 55.2 Å². The van der Waals surface area contributed by atoms with Gasteiger partial charge in [0.1, 0.15) is 17.6 Å². The molecule has 4 aliphatic rings. The number of carbonyl (C=O) groups excluding carboxylic acids is 2. The first kappa shape index (κ1) is 29.3. The van der Waals surface area contributed by atoms with Crippen LogP contribution in [-0.4, -0.2) is 37.2 Å². The molecule has 0 unspecified atom stereocenters. The minimum Gasteiger partial charge on any atom is -0.490 e. The maximum absolute atomic E-state index is 13.8. The molecule has 2 heterocycles. The summed E-state index contributed by atoms with van der Waals surface area (Å²) >= 11 is 0. The third-order valence-electron chi connectivity index (χ3n) is 8.70. The quantitative estimate of drug-likeness (QED) is 0.290. The van der Waals surface area contributed by atoms with Crippen LogP contribution < -0.4 is 24.3 Å². The van der Waals surface area contributed by atoms with Gasteiger partial charge in [0.25, 0.3) is 0 Å².